The van der Waals surface area contributed by atoms with E-state index in [9.17, 15) is 4.79 Å². The maximum absolute atomic E-state index is 10.3. The summed E-state index contributed by atoms with van der Waals surface area (Å²) in [5.41, 5.74) is 1.27. The van der Waals surface area contributed by atoms with Gasteiger partial charge in [0.05, 0.1) is 13.2 Å². The topological polar surface area (TPSA) is 55.8 Å². The van der Waals surface area contributed by atoms with Crippen LogP contribution in [0.25, 0.3) is 0 Å². The van der Waals surface area contributed by atoms with Crippen LogP contribution in [-0.2, 0) is 14.3 Å². The molecule has 1 heterocycles. The second-order valence-corrected chi connectivity index (χ2v) is 4.13. The fourth-order valence-corrected chi connectivity index (χ4v) is 2.17. The van der Waals surface area contributed by atoms with Crippen LogP contribution >= 0.6 is 0 Å². The van der Waals surface area contributed by atoms with Crippen molar-refractivity contribution in [2.45, 2.75) is 31.5 Å². The van der Waals surface area contributed by atoms with E-state index in [4.69, 9.17) is 14.6 Å². The molecule has 4 heteroatoms. The summed E-state index contributed by atoms with van der Waals surface area (Å²) in [6.45, 7) is 1.38. The Balaban J connectivity index is 1.87. The summed E-state index contributed by atoms with van der Waals surface area (Å²) in [6.07, 6.45) is 8.22. The van der Waals surface area contributed by atoms with E-state index < -0.39 is 5.97 Å². The summed E-state index contributed by atoms with van der Waals surface area (Å²) >= 11 is 0. The van der Waals surface area contributed by atoms with Gasteiger partial charge in [-0.2, -0.15) is 0 Å². The van der Waals surface area contributed by atoms with Gasteiger partial charge < -0.3 is 14.6 Å². The minimum absolute atomic E-state index is 0.339. The lowest BCUT2D eigenvalue weighted by atomic mass is 9.89. The van der Waals surface area contributed by atoms with Crippen LogP contribution in [0.2, 0.25) is 0 Å². The average molecular weight is 224 g/mol. The highest BCUT2D eigenvalue weighted by molar-refractivity contribution is 5.80. The molecule has 1 saturated carbocycles. The fourth-order valence-electron chi connectivity index (χ4n) is 2.17. The molecular weight excluding hydrogens is 208 g/mol. The summed E-state index contributed by atoms with van der Waals surface area (Å²) in [6, 6.07) is 0. The van der Waals surface area contributed by atoms with E-state index in [0.29, 0.717) is 13.2 Å². The molecule has 0 aromatic rings. The lowest BCUT2D eigenvalue weighted by molar-refractivity contribution is -0.171. The summed E-state index contributed by atoms with van der Waals surface area (Å²) in [7, 11) is 0. The highest BCUT2D eigenvalue weighted by Gasteiger charge is 2.38. The largest absolute Gasteiger partial charge is 0.478 e. The second kappa shape index (κ2) is 4.80. The number of aliphatic carboxylic acids is 1. The molecule has 88 valence electrons. The number of hydrogen-bond acceptors (Lipinski definition) is 3. The predicted molar refractivity (Wildman–Crippen MR) is 58.0 cm³/mol. The van der Waals surface area contributed by atoms with Crippen molar-refractivity contribution in [3.8, 4) is 0 Å². The Morgan fingerprint density at radius 3 is 2.44 bits per heavy atom. The maximum Gasteiger partial charge on any atom is 0.328 e. The van der Waals surface area contributed by atoms with E-state index in [2.05, 4.69) is 0 Å². The lowest BCUT2D eigenvalue weighted by Crippen LogP contribution is -2.33. The Kier molecular flexibility index (Phi) is 3.41. The summed E-state index contributed by atoms with van der Waals surface area (Å²) in [5.74, 6) is -1.25. The van der Waals surface area contributed by atoms with Crippen LogP contribution in [0.3, 0.4) is 0 Å². The van der Waals surface area contributed by atoms with Gasteiger partial charge in [-0.3, -0.25) is 0 Å². The molecule has 0 amide bonds. The van der Waals surface area contributed by atoms with Crippen molar-refractivity contribution in [2.24, 2.45) is 0 Å². The molecular formula is C12H16O4. The Bertz CT molecular complexity index is 312. The van der Waals surface area contributed by atoms with Crippen molar-refractivity contribution in [1.29, 1.82) is 0 Å². The first-order valence-electron chi connectivity index (χ1n) is 5.57. The van der Waals surface area contributed by atoms with Crippen LogP contribution in [0, 0.1) is 0 Å². The number of carboxylic acids is 1. The van der Waals surface area contributed by atoms with Gasteiger partial charge in [-0.05, 0) is 12.8 Å². The maximum atomic E-state index is 10.3. The van der Waals surface area contributed by atoms with Crippen LogP contribution in [0.1, 0.15) is 25.7 Å². The van der Waals surface area contributed by atoms with E-state index >= 15 is 0 Å². The smallest absolute Gasteiger partial charge is 0.328 e. The molecule has 0 aromatic carbocycles. The number of allylic oxidation sites excluding steroid dienone is 3. The number of ether oxygens (including phenoxy) is 2. The van der Waals surface area contributed by atoms with Crippen molar-refractivity contribution >= 4 is 5.97 Å². The minimum Gasteiger partial charge on any atom is -0.478 e. The lowest BCUT2D eigenvalue weighted by Gasteiger charge is -2.32. The third-order valence-electron chi connectivity index (χ3n) is 3.04. The standard InChI is InChI=1S/C12H16O4/c13-11(14)3-1-2-10-4-6-12(7-5-10)15-8-9-16-12/h1-3H,4-9H2,(H,13,14)/b3-1+. The van der Waals surface area contributed by atoms with Crippen LogP contribution in [0.15, 0.2) is 23.8 Å². The van der Waals surface area contributed by atoms with Crippen LogP contribution in [0.4, 0.5) is 0 Å². The number of rotatable bonds is 2. The van der Waals surface area contributed by atoms with E-state index in [1.54, 1.807) is 6.08 Å². The van der Waals surface area contributed by atoms with Gasteiger partial charge in [0.1, 0.15) is 0 Å². The fraction of sp³-hybridized carbons (Fsp3) is 0.583. The highest BCUT2D eigenvalue weighted by Crippen LogP contribution is 2.37. The number of hydrogen-bond donors (Lipinski definition) is 1. The van der Waals surface area contributed by atoms with Gasteiger partial charge in [-0.25, -0.2) is 4.79 Å². The molecule has 1 spiro atoms. The quantitative estimate of drug-likeness (QED) is 0.727. The molecule has 0 radical (unpaired) electrons. The molecule has 0 atom stereocenters. The SMILES string of the molecule is O=C(O)/C=C/C=C1CCC2(CC1)OCCO2. The first-order chi connectivity index (χ1) is 7.70. The van der Waals surface area contributed by atoms with E-state index in [-0.39, 0.29) is 5.79 Å². The molecule has 4 nitrogen and oxygen atoms in total. The highest BCUT2D eigenvalue weighted by atomic mass is 16.7. The van der Waals surface area contributed by atoms with Crippen LogP contribution in [-0.4, -0.2) is 30.1 Å². The molecule has 0 unspecified atom stereocenters. The van der Waals surface area contributed by atoms with E-state index in [1.807, 2.05) is 6.08 Å². The molecule has 2 fully saturated rings. The van der Waals surface area contributed by atoms with Gasteiger partial charge in [0.25, 0.3) is 0 Å². The summed E-state index contributed by atoms with van der Waals surface area (Å²) < 4.78 is 11.2. The number of carbonyl (C=O) groups is 1. The Morgan fingerprint density at radius 2 is 1.88 bits per heavy atom. The third-order valence-corrected chi connectivity index (χ3v) is 3.04. The molecule has 0 bridgehead atoms. The van der Waals surface area contributed by atoms with Gasteiger partial charge in [0.2, 0.25) is 0 Å². The van der Waals surface area contributed by atoms with Gasteiger partial charge >= 0.3 is 5.97 Å². The first-order valence-corrected chi connectivity index (χ1v) is 5.57. The van der Waals surface area contributed by atoms with Crippen molar-refractivity contribution in [3.05, 3.63) is 23.8 Å². The first kappa shape index (κ1) is 11.4. The minimum atomic E-state index is -0.911. The molecule has 2 aliphatic rings. The zero-order chi connectivity index (χ0) is 11.4. The van der Waals surface area contributed by atoms with Gasteiger partial charge in [0.15, 0.2) is 5.79 Å². The Morgan fingerprint density at radius 1 is 1.25 bits per heavy atom. The summed E-state index contributed by atoms with van der Waals surface area (Å²) in [5, 5.41) is 8.45. The molecule has 1 aliphatic carbocycles. The zero-order valence-corrected chi connectivity index (χ0v) is 9.15. The van der Waals surface area contributed by atoms with E-state index in [1.165, 1.54) is 5.57 Å². The molecule has 1 saturated heterocycles. The monoisotopic (exact) mass is 224 g/mol. The van der Waals surface area contributed by atoms with Crippen molar-refractivity contribution in [3.63, 3.8) is 0 Å². The van der Waals surface area contributed by atoms with Gasteiger partial charge in [-0.1, -0.05) is 17.7 Å². The summed E-state index contributed by atoms with van der Waals surface area (Å²) in [4.78, 5) is 10.3. The predicted octanol–water partition coefficient (Wildman–Crippen LogP) is 1.87. The van der Waals surface area contributed by atoms with E-state index in [0.717, 1.165) is 31.8 Å². The van der Waals surface area contributed by atoms with Gasteiger partial charge in [0, 0.05) is 18.9 Å². The van der Waals surface area contributed by atoms with Crippen molar-refractivity contribution in [2.75, 3.05) is 13.2 Å². The van der Waals surface area contributed by atoms with Crippen molar-refractivity contribution < 1.29 is 19.4 Å². The second-order valence-electron chi connectivity index (χ2n) is 4.13. The Labute approximate surface area is 94.5 Å². The van der Waals surface area contributed by atoms with Gasteiger partial charge in [-0.15, -0.1) is 0 Å². The van der Waals surface area contributed by atoms with Crippen LogP contribution in [0.5, 0.6) is 0 Å². The third kappa shape index (κ3) is 2.71. The molecule has 1 aliphatic heterocycles. The average Bonchev–Trinajstić information content (AvgIpc) is 2.70. The zero-order valence-electron chi connectivity index (χ0n) is 9.15. The number of carboxylic acid groups (broad SMARTS) is 1. The Hall–Kier alpha value is -1.13. The normalized spacial score (nSPS) is 24.1. The molecule has 0 aromatic heterocycles. The molecule has 16 heavy (non-hydrogen) atoms. The molecule has 2 rings (SSSR count). The van der Waals surface area contributed by atoms with Crippen molar-refractivity contribution in [1.82, 2.24) is 0 Å². The van der Waals surface area contributed by atoms with Crippen LogP contribution < -0.4 is 0 Å². The molecule has 1 N–H and O–H groups in total.